The van der Waals surface area contributed by atoms with Gasteiger partial charge in [0.2, 0.25) is 0 Å². The number of ether oxygens (including phenoxy) is 1. The molecule has 0 atom stereocenters. The quantitative estimate of drug-likeness (QED) is 0.538. The minimum atomic E-state index is 0.202. The van der Waals surface area contributed by atoms with Gasteiger partial charge in [-0.1, -0.05) is 0 Å². The van der Waals surface area contributed by atoms with Gasteiger partial charge >= 0.3 is 130 Å². The molecule has 3 rings (SSSR count). The zero-order chi connectivity index (χ0) is 14.7. The van der Waals surface area contributed by atoms with E-state index in [2.05, 4.69) is 18.2 Å². The van der Waals surface area contributed by atoms with Crippen LogP contribution in [0.1, 0.15) is 10.4 Å². The molecule has 0 saturated heterocycles. The summed E-state index contributed by atoms with van der Waals surface area (Å²) in [6, 6.07) is 20.4. The van der Waals surface area contributed by atoms with Crippen molar-refractivity contribution < 1.29 is 9.53 Å². The van der Waals surface area contributed by atoms with Crippen LogP contribution >= 0.6 is 0 Å². The first-order chi connectivity index (χ1) is 10.3. The second kappa shape index (κ2) is 6.13. The summed E-state index contributed by atoms with van der Waals surface area (Å²) in [5.74, 6) is 0.770. The van der Waals surface area contributed by atoms with E-state index in [9.17, 15) is 4.79 Å². The van der Waals surface area contributed by atoms with Gasteiger partial charge in [-0.05, 0) is 0 Å². The summed E-state index contributed by atoms with van der Waals surface area (Å²) in [5, 5.41) is 2.02. The van der Waals surface area contributed by atoms with E-state index in [4.69, 9.17) is 4.74 Å². The van der Waals surface area contributed by atoms with Gasteiger partial charge in [0.1, 0.15) is 0 Å². The monoisotopic (exact) mass is 342 g/mol. The fourth-order valence-corrected chi connectivity index (χ4v) is 4.21. The summed E-state index contributed by atoms with van der Waals surface area (Å²) in [7, 11) is 1.63. The Labute approximate surface area is 129 Å². The number of carbonyl (C=O) groups excluding carboxylic acids is 1. The van der Waals surface area contributed by atoms with E-state index < -0.39 is 0 Å². The van der Waals surface area contributed by atoms with E-state index in [-0.39, 0.29) is 15.0 Å². The molecule has 0 aliphatic carbocycles. The third-order valence-corrected chi connectivity index (χ3v) is 5.33. The van der Waals surface area contributed by atoms with Crippen LogP contribution < -0.4 is 13.7 Å². The Bertz CT molecular complexity index is 782. The number of hydrogen-bond donors (Lipinski definition) is 0. The first-order valence-electron chi connectivity index (χ1n) is 6.60. The summed E-state index contributed by atoms with van der Waals surface area (Å²) in [4.78, 5) is 11.4. The summed E-state index contributed by atoms with van der Waals surface area (Å²) in [6.07, 6.45) is 0.923. The third-order valence-electron chi connectivity index (χ3n) is 3.27. The van der Waals surface area contributed by atoms with Gasteiger partial charge in [0.25, 0.3) is 0 Å². The van der Waals surface area contributed by atoms with Crippen LogP contribution in [0, 0.1) is 0 Å². The Morgan fingerprint density at radius 2 is 1.76 bits per heavy atom. The van der Waals surface area contributed by atoms with Gasteiger partial charge in [0, 0.05) is 0 Å². The van der Waals surface area contributed by atoms with Crippen LogP contribution in [0.2, 0.25) is 0 Å². The second-order valence-corrected chi connectivity index (χ2v) is 7.04. The molecule has 104 valence electrons. The van der Waals surface area contributed by atoms with Crippen molar-refractivity contribution in [2.45, 2.75) is 0 Å². The van der Waals surface area contributed by atoms with Gasteiger partial charge in [-0.15, -0.1) is 0 Å². The molecule has 0 bridgehead atoms. The van der Waals surface area contributed by atoms with Crippen LogP contribution in [-0.4, -0.2) is 28.4 Å². The normalized spacial score (nSPS) is 10.5. The average Bonchev–Trinajstić information content (AvgIpc) is 2.54. The summed E-state index contributed by atoms with van der Waals surface area (Å²) >= 11 is 0.202. The third kappa shape index (κ3) is 2.99. The molecule has 0 unspecified atom stereocenters. The van der Waals surface area contributed by atoms with Crippen molar-refractivity contribution in [1.82, 2.24) is 0 Å². The molecule has 0 aliphatic rings. The zero-order valence-electron chi connectivity index (χ0n) is 11.6. The summed E-state index contributed by atoms with van der Waals surface area (Å²) < 4.78 is 7.74. The molecule has 0 amide bonds. The van der Waals surface area contributed by atoms with Gasteiger partial charge in [0.05, 0.1) is 0 Å². The molecule has 0 spiro atoms. The van der Waals surface area contributed by atoms with E-state index in [0.717, 1.165) is 28.4 Å². The predicted octanol–water partition coefficient (Wildman–Crippen LogP) is 2.32. The molecule has 0 saturated carbocycles. The number of benzene rings is 3. The maximum atomic E-state index is 11.4. The number of methoxy groups -OCH3 is 1. The van der Waals surface area contributed by atoms with Crippen LogP contribution in [-0.2, 0) is 0 Å². The number of hydrogen-bond acceptors (Lipinski definition) is 2. The van der Waals surface area contributed by atoms with E-state index in [1.54, 1.807) is 7.11 Å². The molecular formula is C18H14O2Se. The fourth-order valence-electron chi connectivity index (χ4n) is 2.25. The number of rotatable bonds is 4. The van der Waals surface area contributed by atoms with Gasteiger partial charge in [-0.2, -0.15) is 0 Å². The molecule has 0 aromatic heterocycles. The van der Waals surface area contributed by atoms with Gasteiger partial charge < -0.3 is 0 Å². The van der Waals surface area contributed by atoms with Gasteiger partial charge in [-0.25, -0.2) is 0 Å². The molecule has 0 heterocycles. The van der Waals surface area contributed by atoms with Crippen LogP contribution in [0.4, 0.5) is 0 Å². The second-order valence-electron chi connectivity index (χ2n) is 4.63. The molecule has 21 heavy (non-hydrogen) atoms. The molecule has 3 aromatic rings. The van der Waals surface area contributed by atoms with Gasteiger partial charge in [0.15, 0.2) is 0 Å². The van der Waals surface area contributed by atoms with Crippen molar-refractivity contribution in [1.29, 1.82) is 0 Å². The van der Waals surface area contributed by atoms with Crippen molar-refractivity contribution in [3.8, 4) is 5.75 Å². The summed E-state index contributed by atoms with van der Waals surface area (Å²) in [5.41, 5.74) is 0.721. The SMILES string of the molecule is COc1ccc2cc([Se]c3ccccc3)cc(C=O)c2c1. The molecule has 0 N–H and O–H groups in total. The minimum absolute atomic E-state index is 0.202. The van der Waals surface area contributed by atoms with Crippen molar-refractivity contribution in [3.05, 3.63) is 66.2 Å². The molecule has 2 nitrogen and oxygen atoms in total. The van der Waals surface area contributed by atoms with Crippen LogP contribution in [0.5, 0.6) is 5.75 Å². The maximum absolute atomic E-state index is 11.4. The van der Waals surface area contributed by atoms with Crippen LogP contribution in [0.25, 0.3) is 10.8 Å². The standard InChI is InChI=1S/C18H14O2Se/c1-20-15-8-7-13-9-17(10-14(12-19)18(13)11-15)21-16-5-3-2-4-6-16/h2-12H,1H3. The molecule has 0 fully saturated rings. The van der Waals surface area contributed by atoms with Crippen LogP contribution in [0.3, 0.4) is 0 Å². The van der Waals surface area contributed by atoms with Crippen molar-refractivity contribution >= 4 is 40.9 Å². The Morgan fingerprint density at radius 3 is 2.48 bits per heavy atom. The summed E-state index contributed by atoms with van der Waals surface area (Å²) in [6.45, 7) is 0. The Kier molecular flexibility index (Phi) is 4.05. The molecule has 0 radical (unpaired) electrons. The van der Waals surface area contributed by atoms with E-state index in [1.807, 2.05) is 42.5 Å². The van der Waals surface area contributed by atoms with Crippen molar-refractivity contribution in [2.75, 3.05) is 7.11 Å². The van der Waals surface area contributed by atoms with Crippen LogP contribution in [0.15, 0.2) is 60.7 Å². The van der Waals surface area contributed by atoms with Crippen molar-refractivity contribution in [3.63, 3.8) is 0 Å². The average molecular weight is 341 g/mol. The first kappa shape index (κ1) is 13.9. The number of carbonyl (C=O) groups is 1. The zero-order valence-corrected chi connectivity index (χ0v) is 13.3. The Morgan fingerprint density at radius 1 is 0.952 bits per heavy atom. The topological polar surface area (TPSA) is 26.3 Å². The Balaban J connectivity index is 2.07. The molecule has 0 aliphatic heterocycles. The molecular weight excluding hydrogens is 327 g/mol. The first-order valence-corrected chi connectivity index (χ1v) is 8.31. The predicted molar refractivity (Wildman–Crippen MR) is 87.4 cm³/mol. The van der Waals surface area contributed by atoms with E-state index in [0.29, 0.717) is 0 Å². The fraction of sp³-hybridized carbons (Fsp3) is 0.0556. The van der Waals surface area contributed by atoms with Gasteiger partial charge in [-0.3, -0.25) is 0 Å². The Hall–Kier alpha value is -2.09. The molecule has 3 aromatic carbocycles. The number of fused-ring (bicyclic) bond motifs is 1. The number of aldehydes is 1. The van der Waals surface area contributed by atoms with Crippen molar-refractivity contribution in [2.24, 2.45) is 0 Å². The molecule has 3 heteroatoms. The van der Waals surface area contributed by atoms with E-state index >= 15 is 0 Å². The van der Waals surface area contributed by atoms with E-state index in [1.165, 1.54) is 8.92 Å².